The molecular formula is C15H13NS. The molecule has 2 aromatic rings. The van der Waals surface area contributed by atoms with Gasteiger partial charge in [-0.2, -0.15) is 0 Å². The second-order valence-electron chi connectivity index (χ2n) is 4.02. The summed E-state index contributed by atoms with van der Waals surface area (Å²) >= 11 is 1.83. The van der Waals surface area contributed by atoms with Gasteiger partial charge in [0.05, 0.1) is 11.4 Å². The smallest absolute Gasteiger partial charge is 0.0555 e. The van der Waals surface area contributed by atoms with Crippen molar-refractivity contribution in [3.8, 4) is 0 Å². The lowest BCUT2D eigenvalue weighted by Gasteiger charge is -2.22. The summed E-state index contributed by atoms with van der Waals surface area (Å²) in [5.41, 5.74) is 3.66. The topological polar surface area (TPSA) is 12.0 Å². The normalized spacial score (nSPS) is 14.2. The van der Waals surface area contributed by atoms with Crippen LogP contribution in [0.5, 0.6) is 0 Å². The quantitative estimate of drug-likeness (QED) is 0.781. The number of para-hydroxylation sites is 1. The van der Waals surface area contributed by atoms with Gasteiger partial charge in [-0.25, -0.2) is 0 Å². The maximum absolute atomic E-state index is 3.52. The van der Waals surface area contributed by atoms with Gasteiger partial charge in [0.25, 0.3) is 0 Å². The molecule has 0 unspecified atom stereocenters. The van der Waals surface area contributed by atoms with Crippen molar-refractivity contribution < 1.29 is 0 Å². The first-order valence-electron chi connectivity index (χ1n) is 5.65. The molecule has 0 spiro atoms. The fourth-order valence-electron chi connectivity index (χ4n) is 1.98. The minimum atomic E-state index is 1.20. The Balaban J connectivity index is 2.03. The molecule has 0 aliphatic carbocycles. The number of anilines is 1. The number of hydrogen-bond acceptors (Lipinski definition) is 2. The highest BCUT2D eigenvalue weighted by Gasteiger charge is 2.15. The van der Waals surface area contributed by atoms with Crippen molar-refractivity contribution in [2.75, 3.05) is 5.32 Å². The number of hydrogen-bond donors (Lipinski definition) is 1. The van der Waals surface area contributed by atoms with E-state index in [1.54, 1.807) is 0 Å². The van der Waals surface area contributed by atoms with Crippen molar-refractivity contribution in [3.63, 3.8) is 0 Å². The van der Waals surface area contributed by atoms with Crippen molar-refractivity contribution in [2.24, 2.45) is 0 Å². The van der Waals surface area contributed by atoms with E-state index in [1.165, 1.54) is 26.7 Å². The minimum Gasteiger partial charge on any atom is -0.353 e. The van der Waals surface area contributed by atoms with E-state index in [-0.39, 0.29) is 0 Å². The summed E-state index contributed by atoms with van der Waals surface area (Å²) in [5.74, 6) is 0. The second kappa shape index (κ2) is 4.30. The first-order chi connectivity index (χ1) is 8.34. The third-order valence-corrected chi connectivity index (χ3v) is 3.91. The molecule has 1 aliphatic rings. The van der Waals surface area contributed by atoms with Crippen molar-refractivity contribution in [1.29, 1.82) is 0 Å². The van der Waals surface area contributed by atoms with Gasteiger partial charge in [-0.05, 0) is 24.6 Å². The van der Waals surface area contributed by atoms with Crippen LogP contribution < -0.4 is 5.32 Å². The Morgan fingerprint density at radius 1 is 0.882 bits per heavy atom. The molecule has 0 saturated heterocycles. The van der Waals surface area contributed by atoms with Crippen LogP contribution in [0.4, 0.5) is 5.69 Å². The predicted octanol–water partition coefficient (Wildman–Crippen LogP) is 4.59. The predicted molar refractivity (Wildman–Crippen MR) is 75.0 cm³/mol. The molecule has 3 rings (SSSR count). The third kappa shape index (κ3) is 1.96. The van der Waals surface area contributed by atoms with E-state index in [0.717, 1.165) is 0 Å². The van der Waals surface area contributed by atoms with Gasteiger partial charge in [-0.1, -0.05) is 54.2 Å². The minimum absolute atomic E-state index is 1.20. The highest BCUT2D eigenvalue weighted by Crippen LogP contribution is 2.41. The zero-order valence-electron chi connectivity index (χ0n) is 9.60. The van der Waals surface area contributed by atoms with Crippen molar-refractivity contribution in [3.05, 3.63) is 65.1 Å². The summed E-state index contributed by atoms with van der Waals surface area (Å²) in [7, 11) is 0. The van der Waals surface area contributed by atoms with Gasteiger partial charge in [0.15, 0.2) is 0 Å². The molecule has 0 radical (unpaired) electrons. The van der Waals surface area contributed by atoms with Gasteiger partial charge < -0.3 is 5.32 Å². The van der Waals surface area contributed by atoms with Crippen molar-refractivity contribution >= 4 is 23.1 Å². The van der Waals surface area contributed by atoms with E-state index in [0.29, 0.717) is 0 Å². The fraction of sp³-hybridized carbons (Fsp3) is 0.0667. The lowest BCUT2D eigenvalue weighted by Crippen LogP contribution is -2.05. The largest absolute Gasteiger partial charge is 0.353 e. The zero-order valence-corrected chi connectivity index (χ0v) is 10.4. The Bertz CT molecular complexity index is 572. The van der Waals surface area contributed by atoms with Crippen LogP contribution in [0.2, 0.25) is 0 Å². The summed E-state index contributed by atoms with van der Waals surface area (Å²) in [4.78, 5) is 2.61. The first kappa shape index (κ1) is 10.5. The molecule has 0 amide bonds. The Labute approximate surface area is 106 Å². The number of nitrogens with one attached hydrogen (secondary N) is 1. The highest BCUT2D eigenvalue weighted by atomic mass is 32.2. The summed E-state index contributed by atoms with van der Waals surface area (Å²) in [6, 6.07) is 18.9. The average Bonchev–Trinajstić information content (AvgIpc) is 2.39. The monoisotopic (exact) mass is 239 g/mol. The molecule has 0 aromatic heterocycles. The van der Waals surface area contributed by atoms with Crippen LogP contribution in [0.25, 0.3) is 5.70 Å². The van der Waals surface area contributed by atoms with E-state index in [1.807, 2.05) is 17.8 Å². The zero-order chi connectivity index (χ0) is 11.7. The van der Waals surface area contributed by atoms with E-state index in [2.05, 4.69) is 60.8 Å². The summed E-state index contributed by atoms with van der Waals surface area (Å²) in [6.07, 6.45) is 0. The van der Waals surface area contributed by atoms with Crippen LogP contribution in [0.3, 0.4) is 0 Å². The number of allylic oxidation sites excluding steroid dienone is 1. The van der Waals surface area contributed by atoms with Crippen LogP contribution in [0.1, 0.15) is 12.5 Å². The standard InChI is InChI=1S/C15H13NS/c1-11-15(12-7-3-2-4-8-12)16-13-9-5-6-10-14(13)17-11/h2-10,16H,1H3. The molecule has 1 N–H and O–H groups in total. The molecule has 1 heterocycles. The fourth-order valence-corrected chi connectivity index (χ4v) is 2.95. The molecule has 0 atom stereocenters. The molecule has 17 heavy (non-hydrogen) atoms. The highest BCUT2D eigenvalue weighted by molar-refractivity contribution is 8.03. The van der Waals surface area contributed by atoms with Crippen LogP contribution in [-0.2, 0) is 0 Å². The number of thioether (sulfide) groups is 1. The summed E-state index contributed by atoms with van der Waals surface area (Å²) in [6.45, 7) is 2.16. The Kier molecular flexibility index (Phi) is 2.65. The van der Waals surface area contributed by atoms with E-state index in [9.17, 15) is 0 Å². The Morgan fingerprint density at radius 2 is 1.59 bits per heavy atom. The van der Waals surface area contributed by atoms with Crippen molar-refractivity contribution in [1.82, 2.24) is 0 Å². The molecular weight excluding hydrogens is 226 g/mol. The molecule has 84 valence electrons. The van der Waals surface area contributed by atoms with Crippen molar-refractivity contribution in [2.45, 2.75) is 11.8 Å². The van der Waals surface area contributed by atoms with E-state index >= 15 is 0 Å². The molecule has 0 bridgehead atoms. The first-order valence-corrected chi connectivity index (χ1v) is 6.46. The van der Waals surface area contributed by atoms with Crippen LogP contribution in [0, 0.1) is 0 Å². The maximum atomic E-state index is 3.52. The molecule has 0 fully saturated rings. The SMILES string of the molecule is CC1=C(c2ccccc2)Nc2ccccc2S1. The Morgan fingerprint density at radius 3 is 2.41 bits per heavy atom. The second-order valence-corrected chi connectivity index (χ2v) is 5.28. The summed E-state index contributed by atoms with van der Waals surface area (Å²) < 4.78 is 0. The van der Waals surface area contributed by atoms with Gasteiger partial charge in [0.1, 0.15) is 0 Å². The maximum Gasteiger partial charge on any atom is 0.0555 e. The third-order valence-electron chi connectivity index (χ3n) is 2.82. The number of benzene rings is 2. The lowest BCUT2D eigenvalue weighted by atomic mass is 10.1. The average molecular weight is 239 g/mol. The molecule has 2 heteroatoms. The van der Waals surface area contributed by atoms with Crippen LogP contribution in [-0.4, -0.2) is 0 Å². The van der Waals surface area contributed by atoms with E-state index < -0.39 is 0 Å². The van der Waals surface area contributed by atoms with Gasteiger partial charge in [-0.3, -0.25) is 0 Å². The Hall–Kier alpha value is -1.67. The molecule has 1 aliphatic heterocycles. The van der Waals surface area contributed by atoms with Gasteiger partial charge in [-0.15, -0.1) is 0 Å². The number of fused-ring (bicyclic) bond motifs is 1. The van der Waals surface area contributed by atoms with E-state index in [4.69, 9.17) is 0 Å². The van der Waals surface area contributed by atoms with Crippen LogP contribution in [0.15, 0.2) is 64.4 Å². The molecule has 1 nitrogen and oxygen atoms in total. The van der Waals surface area contributed by atoms with Crippen LogP contribution >= 0.6 is 11.8 Å². The van der Waals surface area contributed by atoms with Gasteiger partial charge >= 0.3 is 0 Å². The van der Waals surface area contributed by atoms with Gasteiger partial charge in [0.2, 0.25) is 0 Å². The molecule has 2 aromatic carbocycles. The van der Waals surface area contributed by atoms with Gasteiger partial charge in [0, 0.05) is 9.80 Å². The molecule has 0 saturated carbocycles. The lowest BCUT2D eigenvalue weighted by molar-refractivity contribution is 1.38. The number of rotatable bonds is 1. The summed E-state index contributed by atoms with van der Waals surface area (Å²) in [5, 5.41) is 3.52.